The molecule has 0 saturated carbocycles. The van der Waals surface area contributed by atoms with E-state index in [1.165, 1.54) is 0 Å². The molecule has 3 heteroatoms. The van der Waals surface area contributed by atoms with Crippen molar-refractivity contribution in [2.24, 2.45) is 0 Å². The topological polar surface area (TPSA) is 29.5 Å². The molecule has 0 aliphatic heterocycles. The van der Waals surface area contributed by atoms with E-state index in [0.29, 0.717) is 17.4 Å². The zero-order valence-corrected chi connectivity index (χ0v) is 7.64. The molecule has 0 unspecified atom stereocenters. The van der Waals surface area contributed by atoms with E-state index in [0.717, 1.165) is 5.56 Å². The Kier molecular flexibility index (Phi) is 3.38. The summed E-state index contributed by atoms with van der Waals surface area (Å²) >= 11 is 5.73. The molecule has 12 heavy (non-hydrogen) atoms. The molecule has 0 aliphatic carbocycles. The molecular weight excluding hydrogens is 176 g/mol. The zero-order valence-electron chi connectivity index (χ0n) is 6.88. The van der Waals surface area contributed by atoms with Gasteiger partial charge >= 0.3 is 0 Å². The van der Waals surface area contributed by atoms with Crippen molar-refractivity contribution in [3.63, 3.8) is 0 Å². The second-order valence-corrected chi connectivity index (χ2v) is 2.78. The van der Waals surface area contributed by atoms with Crippen molar-refractivity contribution in [3.8, 4) is 5.75 Å². The van der Waals surface area contributed by atoms with Gasteiger partial charge in [-0.3, -0.25) is 0 Å². The van der Waals surface area contributed by atoms with E-state index < -0.39 is 0 Å². The van der Waals surface area contributed by atoms with E-state index >= 15 is 0 Å². The zero-order chi connectivity index (χ0) is 8.97. The first-order valence-corrected chi connectivity index (χ1v) is 4.17. The standard InChI is InChI=1S/C9H11ClO2/c1-2-12-9-4-3-8(10)5-7(9)6-11/h3-5,11H,2,6H2,1H3. The molecule has 0 aliphatic rings. The molecule has 0 spiro atoms. The lowest BCUT2D eigenvalue weighted by atomic mass is 10.2. The van der Waals surface area contributed by atoms with Gasteiger partial charge in [0.05, 0.1) is 13.2 Å². The highest BCUT2D eigenvalue weighted by Crippen LogP contribution is 2.22. The number of hydrogen-bond donors (Lipinski definition) is 1. The maximum Gasteiger partial charge on any atom is 0.124 e. The summed E-state index contributed by atoms with van der Waals surface area (Å²) in [5, 5.41) is 9.54. The molecule has 0 atom stereocenters. The highest BCUT2D eigenvalue weighted by molar-refractivity contribution is 6.30. The minimum absolute atomic E-state index is 0.0457. The third-order valence-electron chi connectivity index (χ3n) is 1.49. The number of aliphatic hydroxyl groups excluding tert-OH is 1. The van der Waals surface area contributed by atoms with E-state index in [1.54, 1.807) is 18.2 Å². The Morgan fingerprint density at radius 1 is 1.50 bits per heavy atom. The molecule has 1 aromatic rings. The van der Waals surface area contributed by atoms with Crippen molar-refractivity contribution < 1.29 is 9.84 Å². The van der Waals surface area contributed by atoms with Gasteiger partial charge in [-0.25, -0.2) is 0 Å². The molecule has 0 aromatic heterocycles. The minimum Gasteiger partial charge on any atom is -0.494 e. The van der Waals surface area contributed by atoms with Crippen LogP contribution in [0, 0.1) is 0 Å². The normalized spacial score (nSPS) is 9.92. The Bertz CT molecular complexity index is 261. The first-order chi connectivity index (χ1) is 5.77. The Morgan fingerprint density at radius 3 is 2.83 bits per heavy atom. The van der Waals surface area contributed by atoms with Gasteiger partial charge < -0.3 is 9.84 Å². The maximum atomic E-state index is 8.93. The quantitative estimate of drug-likeness (QED) is 0.785. The Balaban J connectivity index is 2.94. The predicted molar refractivity (Wildman–Crippen MR) is 48.5 cm³/mol. The average molecular weight is 187 g/mol. The van der Waals surface area contributed by atoms with Crippen LogP contribution in [0.15, 0.2) is 18.2 Å². The van der Waals surface area contributed by atoms with Crippen molar-refractivity contribution in [1.29, 1.82) is 0 Å². The number of rotatable bonds is 3. The van der Waals surface area contributed by atoms with E-state index in [2.05, 4.69) is 0 Å². The van der Waals surface area contributed by atoms with Gasteiger partial charge in [0.25, 0.3) is 0 Å². The number of hydrogen-bond acceptors (Lipinski definition) is 2. The van der Waals surface area contributed by atoms with Crippen molar-refractivity contribution in [2.75, 3.05) is 6.61 Å². The van der Waals surface area contributed by atoms with Gasteiger partial charge in [-0.05, 0) is 25.1 Å². The Morgan fingerprint density at radius 2 is 2.25 bits per heavy atom. The van der Waals surface area contributed by atoms with Gasteiger partial charge in [-0.2, -0.15) is 0 Å². The molecular formula is C9H11ClO2. The fraction of sp³-hybridized carbons (Fsp3) is 0.333. The van der Waals surface area contributed by atoms with Crippen molar-refractivity contribution in [3.05, 3.63) is 28.8 Å². The van der Waals surface area contributed by atoms with Crippen molar-refractivity contribution >= 4 is 11.6 Å². The molecule has 1 aromatic carbocycles. The second kappa shape index (κ2) is 4.33. The Hall–Kier alpha value is -0.730. The smallest absolute Gasteiger partial charge is 0.124 e. The van der Waals surface area contributed by atoms with Crippen molar-refractivity contribution in [1.82, 2.24) is 0 Å². The third kappa shape index (κ3) is 2.13. The average Bonchev–Trinajstić information content (AvgIpc) is 2.08. The van der Waals surface area contributed by atoms with E-state index in [1.807, 2.05) is 6.92 Å². The largest absolute Gasteiger partial charge is 0.494 e. The lowest BCUT2D eigenvalue weighted by Crippen LogP contribution is -1.96. The monoisotopic (exact) mass is 186 g/mol. The fourth-order valence-corrected chi connectivity index (χ4v) is 1.16. The van der Waals surface area contributed by atoms with Crippen molar-refractivity contribution in [2.45, 2.75) is 13.5 Å². The molecule has 0 amide bonds. The lowest BCUT2D eigenvalue weighted by Gasteiger charge is -2.07. The molecule has 0 heterocycles. The van der Waals surface area contributed by atoms with Gasteiger partial charge in [0.2, 0.25) is 0 Å². The molecule has 1 rings (SSSR count). The number of aliphatic hydroxyl groups is 1. The van der Waals surface area contributed by atoms with Gasteiger partial charge in [0.1, 0.15) is 5.75 Å². The molecule has 0 fully saturated rings. The highest BCUT2D eigenvalue weighted by atomic mass is 35.5. The van der Waals surface area contributed by atoms with Gasteiger partial charge in [-0.1, -0.05) is 11.6 Å². The fourth-order valence-electron chi connectivity index (χ4n) is 0.968. The molecule has 0 bridgehead atoms. The van der Waals surface area contributed by atoms with Crippen LogP contribution >= 0.6 is 11.6 Å². The molecule has 1 N–H and O–H groups in total. The van der Waals surface area contributed by atoms with Gasteiger partial charge in [0.15, 0.2) is 0 Å². The number of halogens is 1. The van der Waals surface area contributed by atoms with Gasteiger partial charge in [0, 0.05) is 10.6 Å². The third-order valence-corrected chi connectivity index (χ3v) is 1.73. The summed E-state index contributed by atoms with van der Waals surface area (Å²) in [6.45, 7) is 2.44. The molecule has 0 saturated heterocycles. The number of ether oxygens (including phenoxy) is 1. The first-order valence-electron chi connectivity index (χ1n) is 3.80. The van der Waals surface area contributed by atoms with Crippen LogP contribution in [-0.2, 0) is 6.61 Å². The lowest BCUT2D eigenvalue weighted by molar-refractivity contribution is 0.267. The molecule has 0 radical (unpaired) electrons. The number of benzene rings is 1. The van der Waals surface area contributed by atoms with Crippen LogP contribution in [0.4, 0.5) is 0 Å². The summed E-state index contributed by atoms with van der Waals surface area (Å²) in [6.07, 6.45) is 0. The van der Waals surface area contributed by atoms with Crippen LogP contribution in [0.1, 0.15) is 12.5 Å². The summed E-state index contributed by atoms with van der Waals surface area (Å²) in [5.41, 5.74) is 0.726. The van der Waals surface area contributed by atoms with Gasteiger partial charge in [-0.15, -0.1) is 0 Å². The molecule has 2 nitrogen and oxygen atoms in total. The minimum atomic E-state index is -0.0457. The summed E-state index contributed by atoms with van der Waals surface area (Å²) in [5.74, 6) is 0.699. The predicted octanol–water partition coefficient (Wildman–Crippen LogP) is 2.23. The highest BCUT2D eigenvalue weighted by Gasteiger charge is 2.01. The Labute approximate surface area is 76.7 Å². The first kappa shape index (κ1) is 9.36. The SMILES string of the molecule is CCOc1ccc(Cl)cc1CO. The van der Waals surface area contributed by atoms with E-state index in [9.17, 15) is 0 Å². The summed E-state index contributed by atoms with van der Waals surface area (Å²) in [7, 11) is 0. The van der Waals surface area contributed by atoms with Crippen LogP contribution in [0.2, 0.25) is 5.02 Å². The van der Waals surface area contributed by atoms with Crippen LogP contribution in [0.25, 0.3) is 0 Å². The summed E-state index contributed by atoms with van der Waals surface area (Å²) in [6, 6.07) is 5.20. The van der Waals surface area contributed by atoms with Crippen LogP contribution in [0.3, 0.4) is 0 Å². The van der Waals surface area contributed by atoms with Crippen LogP contribution < -0.4 is 4.74 Å². The van der Waals surface area contributed by atoms with Crippen LogP contribution in [-0.4, -0.2) is 11.7 Å². The summed E-state index contributed by atoms with van der Waals surface area (Å²) in [4.78, 5) is 0. The summed E-state index contributed by atoms with van der Waals surface area (Å²) < 4.78 is 5.26. The maximum absolute atomic E-state index is 8.93. The van der Waals surface area contributed by atoms with E-state index in [-0.39, 0.29) is 6.61 Å². The second-order valence-electron chi connectivity index (χ2n) is 2.34. The van der Waals surface area contributed by atoms with E-state index in [4.69, 9.17) is 21.4 Å². The van der Waals surface area contributed by atoms with Crippen LogP contribution in [0.5, 0.6) is 5.75 Å². The molecule has 66 valence electrons.